The standard InChI is InChI=1S/C11H17N3O3/c1-14(6-9-7-15-4-5-16-9)11-13-12-10(17-11)8-2-3-8/h8-9H,2-7H2,1H3/t9-/m1/s1. The summed E-state index contributed by atoms with van der Waals surface area (Å²) in [5.41, 5.74) is 0. The van der Waals surface area contributed by atoms with Crippen molar-refractivity contribution in [3.8, 4) is 0 Å². The van der Waals surface area contributed by atoms with Crippen molar-refractivity contribution in [3.05, 3.63) is 5.89 Å². The molecule has 0 amide bonds. The zero-order valence-electron chi connectivity index (χ0n) is 9.96. The fraction of sp³-hybridized carbons (Fsp3) is 0.818. The van der Waals surface area contributed by atoms with Gasteiger partial charge in [0.05, 0.1) is 32.5 Å². The first-order valence-electron chi connectivity index (χ1n) is 6.07. The summed E-state index contributed by atoms with van der Waals surface area (Å²) in [6.07, 6.45) is 2.43. The van der Waals surface area contributed by atoms with E-state index in [9.17, 15) is 0 Å². The minimum absolute atomic E-state index is 0.0880. The zero-order valence-corrected chi connectivity index (χ0v) is 9.96. The molecular formula is C11H17N3O3. The predicted molar refractivity (Wildman–Crippen MR) is 60.1 cm³/mol. The van der Waals surface area contributed by atoms with Gasteiger partial charge in [-0.05, 0) is 12.8 Å². The molecule has 0 spiro atoms. The summed E-state index contributed by atoms with van der Waals surface area (Å²) in [5, 5.41) is 8.12. The maximum absolute atomic E-state index is 5.62. The molecule has 6 heteroatoms. The Balaban J connectivity index is 1.57. The van der Waals surface area contributed by atoms with Crippen LogP contribution in [0.5, 0.6) is 0 Å². The second-order valence-corrected chi connectivity index (χ2v) is 4.65. The number of hydrogen-bond donors (Lipinski definition) is 0. The van der Waals surface area contributed by atoms with Crippen LogP contribution in [0, 0.1) is 0 Å². The van der Waals surface area contributed by atoms with E-state index in [1.165, 1.54) is 12.8 Å². The van der Waals surface area contributed by atoms with Gasteiger partial charge in [-0.3, -0.25) is 0 Å². The molecule has 0 bridgehead atoms. The van der Waals surface area contributed by atoms with Gasteiger partial charge in [0.15, 0.2) is 0 Å². The molecule has 6 nitrogen and oxygen atoms in total. The van der Waals surface area contributed by atoms with Crippen LogP contribution in [0.1, 0.15) is 24.7 Å². The maximum atomic E-state index is 5.62. The molecule has 0 N–H and O–H groups in total. The monoisotopic (exact) mass is 239 g/mol. The van der Waals surface area contributed by atoms with E-state index >= 15 is 0 Å². The van der Waals surface area contributed by atoms with Crippen LogP contribution in [0.15, 0.2) is 4.42 Å². The van der Waals surface area contributed by atoms with Gasteiger partial charge in [0.25, 0.3) is 0 Å². The number of ether oxygens (including phenoxy) is 2. The summed E-state index contributed by atoms with van der Waals surface area (Å²) in [5.74, 6) is 1.27. The normalized spacial score (nSPS) is 24.9. The highest BCUT2D eigenvalue weighted by Gasteiger charge is 2.30. The van der Waals surface area contributed by atoms with Crippen LogP contribution >= 0.6 is 0 Å². The Morgan fingerprint density at radius 3 is 2.88 bits per heavy atom. The third kappa shape index (κ3) is 2.58. The minimum atomic E-state index is 0.0880. The Hall–Kier alpha value is -1.14. The van der Waals surface area contributed by atoms with Gasteiger partial charge in [0.2, 0.25) is 5.89 Å². The molecule has 1 saturated heterocycles. The van der Waals surface area contributed by atoms with Gasteiger partial charge in [-0.2, -0.15) is 0 Å². The number of rotatable bonds is 4. The Morgan fingerprint density at radius 2 is 2.18 bits per heavy atom. The second kappa shape index (κ2) is 4.62. The molecule has 3 rings (SSSR count). The van der Waals surface area contributed by atoms with E-state index in [2.05, 4.69) is 10.2 Å². The predicted octanol–water partition coefficient (Wildman–Crippen LogP) is 0.799. The third-order valence-electron chi connectivity index (χ3n) is 3.05. The van der Waals surface area contributed by atoms with Crippen molar-refractivity contribution in [1.82, 2.24) is 10.2 Å². The van der Waals surface area contributed by atoms with Crippen molar-refractivity contribution in [2.45, 2.75) is 24.9 Å². The molecule has 94 valence electrons. The van der Waals surface area contributed by atoms with E-state index in [1.807, 2.05) is 11.9 Å². The second-order valence-electron chi connectivity index (χ2n) is 4.65. The summed E-state index contributed by atoms with van der Waals surface area (Å²) >= 11 is 0. The van der Waals surface area contributed by atoms with Gasteiger partial charge in [-0.1, -0.05) is 5.10 Å². The average molecular weight is 239 g/mol. The Labute approximate surface area is 99.9 Å². The Bertz CT molecular complexity index is 372. The highest BCUT2D eigenvalue weighted by Crippen LogP contribution is 2.39. The molecule has 1 atom stereocenters. The molecule has 2 heterocycles. The van der Waals surface area contributed by atoms with Crippen LogP contribution < -0.4 is 4.90 Å². The largest absolute Gasteiger partial charge is 0.408 e. The van der Waals surface area contributed by atoms with Crippen molar-refractivity contribution in [2.75, 3.05) is 38.3 Å². The highest BCUT2D eigenvalue weighted by atomic mass is 16.6. The number of anilines is 1. The van der Waals surface area contributed by atoms with Crippen molar-refractivity contribution in [1.29, 1.82) is 0 Å². The quantitative estimate of drug-likeness (QED) is 0.774. The number of aromatic nitrogens is 2. The van der Waals surface area contributed by atoms with Crippen LogP contribution in [-0.2, 0) is 9.47 Å². The molecule has 2 aliphatic rings. The van der Waals surface area contributed by atoms with Crippen LogP contribution in [0.25, 0.3) is 0 Å². The summed E-state index contributed by atoms with van der Waals surface area (Å²) in [6.45, 7) is 2.70. The van der Waals surface area contributed by atoms with Gasteiger partial charge in [-0.15, -0.1) is 5.10 Å². The topological polar surface area (TPSA) is 60.6 Å². The summed E-state index contributed by atoms with van der Waals surface area (Å²) in [7, 11) is 1.93. The summed E-state index contributed by atoms with van der Waals surface area (Å²) < 4.78 is 16.6. The smallest absolute Gasteiger partial charge is 0.317 e. The van der Waals surface area contributed by atoms with E-state index in [0.29, 0.717) is 38.3 Å². The van der Waals surface area contributed by atoms with E-state index in [0.717, 1.165) is 5.89 Å². The molecule has 1 aliphatic heterocycles. The molecule has 1 aliphatic carbocycles. The summed E-state index contributed by atoms with van der Waals surface area (Å²) in [6, 6.07) is 0.570. The molecule has 0 radical (unpaired) electrons. The van der Waals surface area contributed by atoms with Crippen LogP contribution in [0.3, 0.4) is 0 Å². The third-order valence-corrected chi connectivity index (χ3v) is 3.05. The van der Waals surface area contributed by atoms with Gasteiger partial charge in [-0.25, -0.2) is 0 Å². The van der Waals surface area contributed by atoms with Gasteiger partial charge >= 0.3 is 6.01 Å². The lowest BCUT2D eigenvalue weighted by Gasteiger charge is -2.26. The van der Waals surface area contributed by atoms with Gasteiger partial charge in [0, 0.05) is 13.0 Å². The first kappa shape index (κ1) is 11.0. The van der Waals surface area contributed by atoms with E-state index in [4.69, 9.17) is 13.9 Å². The first-order valence-corrected chi connectivity index (χ1v) is 6.07. The molecule has 1 saturated carbocycles. The molecule has 1 aromatic heterocycles. The van der Waals surface area contributed by atoms with Crippen LogP contribution in [0.2, 0.25) is 0 Å². The Kier molecular flexibility index (Phi) is 2.98. The van der Waals surface area contributed by atoms with Crippen molar-refractivity contribution >= 4 is 6.01 Å². The fourth-order valence-corrected chi connectivity index (χ4v) is 1.90. The zero-order chi connectivity index (χ0) is 11.7. The highest BCUT2D eigenvalue weighted by molar-refractivity contribution is 5.23. The van der Waals surface area contributed by atoms with E-state index in [-0.39, 0.29) is 6.10 Å². The number of hydrogen-bond acceptors (Lipinski definition) is 6. The molecule has 2 fully saturated rings. The van der Waals surface area contributed by atoms with Gasteiger partial charge in [0.1, 0.15) is 0 Å². The average Bonchev–Trinajstić information content (AvgIpc) is 3.08. The van der Waals surface area contributed by atoms with Gasteiger partial charge < -0.3 is 18.8 Å². The lowest BCUT2D eigenvalue weighted by Crippen LogP contribution is -2.38. The number of likely N-dealkylation sites (N-methyl/N-ethyl adjacent to an activating group) is 1. The van der Waals surface area contributed by atoms with E-state index < -0.39 is 0 Å². The van der Waals surface area contributed by atoms with Crippen LogP contribution in [-0.4, -0.2) is 49.7 Å². The molecule has 0 aromatic carbocycles. The van der Waals surface area contributed by atoms with Crippen molar-refractivity contribution in [2.24, 2.45) is 0 Å². The fourth-order valence-electron chi connectivity index (χ4n) is 1.90. The van der Waals surface area contributed by atoms with Crippen LogP contribution in [0.4, 0.5) is 6.01 Å². The summed E-state index contributed by atoms with van der Waals surface area (Å²) in [4.78, 5) is 1.93. The molecule has 17 heavy (non-hydrogen) atoms. The molecule has 1 aromatic rings. The minimum Gasteiger partial charge on any atom is -0.408 e. The molecule has 0 unspecified atom stereocenters. The van der Waals surface area contributed by atoms with Crippen molar-refractivity contribution < 1.29 is 13.9 Å². The lowest BCUT2D eigenvalue weighted by atomic mass is 10.3. The van der Waals surface area contributed by atoms with E-state index in [1.54, 1.807) is 0 Å². The molecular weight excluding hydrogens is 222 g/mol. The Morgan fingerprint density at radius 1 is 1.29 bits per heavy atom. The first-order chi connectivity index (χ1) is 8.33. The maximum Gasteiger partial charge on any atom is 0.317 e. The van der Waals surface area contributed by atoms with Crippen molar-refractivity contribution in [3.63, 3.8) is 0 Å². The lowest BCUT2D eigenvalue weighted by molar-refractivity contribution is -0.0839. The number of nitrogens with zero attached hydrogens (tertiary/aromatic N) is 3. The SMILES string of the molecule is CN(C[C@@H]1COCCO1)c1nnc(C2CC2)o1.